The fraction of sp³-hybridized carbons (Fsp3) is 0.333. The lowest BCUT2D eigenvalue weighted by atomic mass is 10.0. The molecule has 0 aliphatic carbocycles. The molecule has 0 unspecified atom stereocenters. The van der Waals surface area contributed by atoms with Crippen LogP contribution in [-0.2, 0) is 6.42 Å². The van der Waals surface area contributed by atoms with Gasteiger partial charge in [-0.3, -0.25) is 0 Å². The van der Waals surface area contributed by atoms with Gasteiger partial charge in [-0.25, -0.2) is 0 Å². The number of methoxy groups -OCH3 is 1. The van der Waals surface area contributed by atoms with Gasteiger partial charge in [0.15, 0.2) is 0 Å². The Balaban J connectivity index is 2.62. The van der Waals surface area contributed by atoms with Gasteiger partial charge in [0.25, 0.3) is 0 Å². The first kappa shape index (κ1) is 9.84. The predicted octanol–water partition coefficient (Wildman–Crippen LogP) is 4.52. The van der Waals surface area contributed by atoms with E-state index in [1.165, 1.54) is 17.3 Å². The van der Waals surface area contributed by atoms with Crippen molar-refractivity contribution in [3.8, 4) is 5.75 Å². The Bertz CT molecular complexity index is 590. The second-order valence-electron chi connectivity index (χ2n) is 3.81. The van der Waals surface area contributed by atoms with Crippen LogP contribution in [0.1, 0.15) is 22.2 Å². The molecule has 0 saturated heterocycles. The lowest BCUT2D eigenvalue weighted by molar-refractivity contribution is 0.419. The van der Waals surface area contributed by atoms with Crippen LogP contribution in [0.3, 0.4) is 0 Å². The van der Waals surface area contributed by atoms with Crippen molar-refractivity contribution in [2.45, 2.75) is 25.2 Å². The normalized spacial score (nSPS) is 16.2. The first-order valence-corrected chi connectivity index (χ1v) is 6.55. The largest absolute Gasteiger partial charge is 0.496 e. The summed E-state index contributed by atoms with van der Waals surface area (Å²) < 4.78 is 20.8. The quantitative estimate of drug-likeness (QED) is 0.581. The maximum atomic E-state index is 7.72. The van der Waals surface area contributed by atoms with Crippen LogP contribution in [0.2, 0.25) is 0 Å². The predicted molar refractivity (Wildman–Crippen MR) is 76.3 cm³/mol. The summed E-state index contributed by atoms with van der Waals surface area (Å²) in [5.41, 5.74) is -0.0299. The van der Waals surface area contributed by atoms with Crippen molar-refractivity contribution < 1.29 is 7.48 Å². The molecule has 0 aliphatic rings. The van der Waals surface area contributed by atoms with Gasteiger partial charge in [-0.2, -0.15) is 0 Å². The third kappa shape index (κ3) is 2.42. The van der Waals surface area contributed by atoms with Gasteiger partial charge >= 0.3 is 0 Å². The fourth-order valence-electron chi connectivity index (χ4n) is 1.94. The molecule has 1 nitrogen and oxygen atoms in total. The molecule has 0 spiro atoms. The first-order valence-electron chi connectivity index (χ1n) is 6.73. The lowest BCUT2D eigenvalue weighted by Gasteiger charge is -2.10. The molecule has 0 amide bonds. The van der Waals surface area contributed by atoms with Gasteiger partial charge in [-0.1, -0.05) is 26.0 Å². The standard InChI is InChI=1S/C15H18OS/c1-4-11-6-7-12-13(10-11)14(16-3)8-9-15(12)17-5-2/h6-10H,4-5H2,1-3H3/i5+1DH/t5-/m0/s1. The van der Waals surface area contributed by atoms with Gasteiger partial charge in [0, 0.05) is 13.0 Å². The van der Waals surface area contributed by atoms with Crippen molar-refractivity contribution in [3.05, 3.63) is 35.9 Å². The number of ether oxygens (including phenoxy) is 1. The third-order valence-corrected chi connectivity index (χ3v) is 3.62. The molecule has 0 saturated carbocycles. The van der Waals surface area contributed by atoms with Crippen LogP contribution in [0.25, 0.3) is 10.8 Å². The van der Waals surface area contributed by atoms with E-state index < -0.39 is 5.70 Å². The molecular formula is C15H18OS. The van der Waals surface area contributed by atoms with E-state index in [2.05, 4.69) is 25.1 Å². The molecule has 0 bridgehead atoms. The zero-order chi connectivity index (χ0) is 14.0. The van der Waals surface area contributed by atoms with E-state index >= 15 is 0 Å². The molecule has 1 atom stereocenters. The smallest absolute Gasteiger partial charge is 0.126 e. The van der Waals surface area contributed by atoms with Gasteiger partial charge in [0.2, 0.25) is 0 Å². The van der Waals surface area contributed by atoms with Crippen LogP contribution in [-0.4, -0.2) is 12.8 Å². The number of hydrogen-bond donors (Lipinski definition) is 0. The number of thioether (sulfide) groups is 1. The number of aryl methyl sites for hydroxylation is 1. The monoisotopic (exact) mass is 248 g/mol. The number of rotatable bonds is 4. The van der Waals surface area contributed by atoms with Crippen molar-refractivity contribution >= 4 is 22.5 Å². The Hall–Kier alpha value is -1.15. The molecule has 17 heavy (non-hydrogen) atoms. The Morgan fingerprint density at radius 1 is 1.29 bits per heavy atom. The van der Waals surface area contributed by atoms with Gasteiger partial charge in [0.1, 0.15) is 5.75 Å². The summed E-state index contributed by atoms with van der Waals surface area (Å²) in [4.78, 5) is 0.950. The van der Waals surface area contributed by atoms with E-state index in [1.54, 1.807) is 14.0 Å². The van der Waals surface area contributed by atoms with Crippen molar-refractivity contribution in [2.24, 2.45) is 0 Å². The first-order chi connectivity index (χ1) is 8.94. The summed E-state index contributed by atoms with van der Waals surface area (Å²) >= 11 is 1.24. The molecule has 90 valence electrons. The van der Waals surface area contributed by atoms with E-state index in [0.29, 0.717) is 0 Å². The van der Waals surface area contributed by atoms with E-state index in [1.807, 2.05) is 12.1 Å². The molecule has 0 fully saturated rings. The lowest BCUT2D eigenvalue weighted by Crippen LogP contribution is -1.89. The SMILES string of the molecule is [1H][13C@]([2H])(C)Sc1ccc(OC)c2cc(CC)ccc12. The van der Waals surface area contributed by atoms with Gasteiger partial charge in [-0.05, 0) is 41.3 Å². The molecule has 0 aliphatic heterocycles. The highest BCUT2D eigenvalue weighted by Crippen LogP contribution is 2.34. The highest BCUT2D eigenvalue weighted by atomic mass is 32.2. The molecule has 2 rings (SSSR count). The minimum absolute atomic E-state index is 0.839. The van der Waals surface area contributed by atoms with Crippen molar-refractivity contribution in [2.75, 3.05) is 12.8 Å². The van der Waals surface area contributed by atoms with Gasteiger partial charge in [0.05, 0.1) is 7.11 Å². The second-order valence-corrected chi connectivity index (χ2v) is 4.86. The fourth-order valence-corrected chi connectivity index (χ4v) is 2.58. The molecule has 2 heteroatoms. The number of hydrogen-bond acceptors (Lipinski definition) is 2. The van der Waals surface area contributed by atoms with Crippen LogP contribution >= 0.6 is 11.8 Å². The van der Waals surface area contributed by atoms with E-state index in [0.717, 1.165) is 27.8 Å². The summed E-state index contributed by atoms with van der Waals surface area (Å²) in [6.45, 7) is 3.70. The van der Waals surface area contributed by atoms with Crippen LogP contribution in [0, 0.1) is 0 Å². The molecular weight excluding hydrogens is 229 g/mol. The second kappa shape index (κ2) is 5.46. The van der Waals surface area contributed by atoms with E-state index in [-0.39, 0.29) is 0 Å². The molecule has 0 N–H and O–H groups in total. The molecule has 0 radical (unpaired) electrons. The Morgan fingerprint density at radius 2 is 2.12 bits per heavy atom. The van der Waals surface area contributed by atoms with Crippen LogP contribution in [0.4, 0.5) is 0 Å². The summed E-state index contributed by atoms with van der Waals surface area (Å²) in [5, 5.41) is 2.10. The van der Waals surface area contributed by atoms with Gasteiger partial charge in [-0.15, -0.1) is 11.8 Å². The van der Waals surface area contributed by atoms with Crippen LogP contribution in [0.5, 0.6) is 5.75 Å². The Kier molecular flexibility index (Phi) is 3.16. The topological polar surface area (TPSA) is 9.23 Å². The van der Waals surface area contributed by atoms with Crippen molar-refractivity contribution in [1.82, 2.24) is 0 Å². The van der Waals surface area contributed by atoms with Crippen molar-refractivity contribution in [1.29, 1.82) is 0 Å². The maximum Gasteiger partial charge on any atom is 0.126 e. The van der Waals surface area contributed by atoms with E-state index in [4.69, 9.17) is 7.48 Å². The highest BCUT2D eigenvalue weighted by molar-refractivity contribution is 7.99. The summed E-state index contributed by atoms with van der Waals surface area (Å²) in [5.74, 6) is 0.839. The minimum atomic E-state index is -1.29. The summed E-state index contributed by atoms with van der Waals surface area (Å²) in [7, 11) is 1.67. The zero-order valence-electron chi connectivity index (χ0n) is 12.4. The summed E-state index contributed by atoms with van der Waals surface area (Å²) in [6, 6.07) is 10.1. The molecule has 2 aromatic rings. The Morgan fingerprint density at radius 3 is 2.76 bits per heavy atom. The number of fused-ring (bicyclic) bond motifs is 1. The van der Waals surface area contributed by atoms with E-state index in [9.17, 15) is 0 Å². The summed E-state index contributed by atoms with van der Waals surface area (Å²) in [6.07, 6.45) is 0.977. The maximum absolute atomic E-state index is 7.72. The van der Waals surface area contributed by atoms with Crippen molar-refractivity contribution in [3.63, 3.8) is 0 Å². The van der Waals surface area contributed by atoms with Crippen LogP contribution < -0.4 is 4.74 Å². The number of benzene rings is 2. The molecule has 0 aromatic heterocycles. The highest BCUT2D eigenvalue weighted by Gasteiger charge is 2.07. The average Bonchev–Trinajstić information content (AvgIpc) is 2.36. The average molecular weight is 248 g/mol. The Labute approximate surface area is 110 Å². The molecule has 0 heterocycles. The third-order valence-electron chi connectivity index (χ3n) is 2.84. The van der Waals surface area contributed by atoms with Crippen LogP contribution in [0.15, 0.2) is 35.2 Å². The molecule has 2 aromatic carbocycles. The minimum Gasteiger partial charge on any atom is -0.496 e. The van der Waals surface area contributed by atoms with Gasteiger partial charge < -0.3 is 4.74 Å². The zero-order valence-corrected chi connectivity index (χ0v) is 11.2.